The predicted octanol–water partition coefficient (Wildman–Crippen LogP) is 3.56. The molecule has 0 atom stereocenters. The summed E-state index contributed by atoms with van der Waals surface area (Å²) in [6, 6.07) is 13.5. The Kier molecular flexibility index (Phi) is 7.99. The maximum Gasteiger partial charge on any atom is 0.244 e. The third-order valence-electron chi connectivity index (χ3n) is 5.17. The molecule has 1 heterocycles. The van der Waals surface area contributed by atoms with Gasteiger partial charge in [-0.05, 0) is 66.4 Å². The van der Waals surface area contributed by atoms with Crippen molar-refractivity contribution in [1.29, 1.82) is 0 Å². The van der Waals surface area contributed by atoms with Gasteiger partial charge in [-0.2, -0.15) is 4.68 Å². The van der Waals surface area contributed by atoms with Crippen LogP contribution in [0.1, 0.15) is 30.0 Å². The second kappa shape index (κ2) is 10.9. The standard InChI is InChI=1S/C23H28N6O2S/c1-5-13-28(14-21(30)24-19-11-7-6-9-17(19)3)22(31)15-32-23-25-26-27-29(23)20-12-8-10-16(2)18(20)4/h6-12H,5,13-15H2,1-4H3,(H,24,30). The van der Waals surface area contributed by atoms with Gasteiger partial charge >= 0.3 is 0 Å². The topological polar surface area (TPSA) is 93.0 Å². The van der Waals surface area contributed by atoms with Gasteiger partial charge in [0.05, 0.1) is 18.0 Å². The van der Waals surface area contributed by atoms with Crippen molar-refractivity contribution in [2.75, 3.05) is 24.2 Å². The number of nitrogens with one attached hydrogen (secondary N) is 1. The van der Waals surface area contributed by atoms with E-state index < -0.39 is 0 Å². The lowest BCUT2D eigenvalue weighted by Crippen LogP contribution is -2.39. The van der Waals surface area contributed by atoms with Crippen molar-refractivity contribution in [2.45, 2.75) is 39.3 Å². The zero-order chi connectivity index (χ0) is 23.1. The minimum Gasteiger partial charge on any atom is -0.333 e. The number of benzene rings is 2. The summed E-state index contributed by atoms with van der Waals surface area (Å²) in [4.78, 5) is 27.0. The highest BCUT2D eigenvalue weighted by Crippen LogP contribution is 2.22. The molecule has 0 radical (unpaired) electrons. The third kappa shape index (κ3) is 5.73. The summed E-state index contributed by atoms with van der Waals surface area (Å²) >= 11 is 1.26. The van der Waals surface area contributed by atoms with E-state index in [0.717, 1.165) is 34.5 Å². The van der Waals surface area contributed by atoms with Gasteiger partial charge in [-0.25, -0.2) is 0 Å². The molecule has 1 N–H and O–H groups in total. The van der Waals surface area contributed by atoms with Gasteiger partial charge in [0, 0.05) is 12.2 Å². The van der Waals surface area contributed by atoms with Crippen molar-refractivity contribution in [3.05, 3.63) is 59.2 Å². The molecule has 0 fully saturated rings. The molecule has 1 aromatic heterocycles. The molecule has 8 nitrogen and oxygen atoms in total. The fourth-order valence-electron chi connectivity index (χ4n) is 3.24. The molecule has 2 aromatic carbocycles. The van der Waals surface area contributed by atoms with Crippen LogP contribution in [0.25, 0.3) is 5.69 Å². The maximum absolute atomic E-state index is 12.9. The van der Waals surface area contributed by atoms with Gasteiger partial charge in [0.25, 0.3) is 0 Å². The summed E-state index contributed by atoms with van der Waals surface area (Å²) in [5.74, 6) is -0.207. The first-order valence-electron chi connectivity index (χ1n) is 10.5. The number of hydrogen-bond acceptors (Lipinski definition) is 6. The molecule has 0 saturated heterocycles. The van der Waals surface area contributed by atoms with Gasteiger partial charge in [0.2, 0.25) is 17.0 Å². The highest BCUT2D eigenvalue weighted by Gasteiger charge is 2.19. The summed E-state index contributed by atoms with van der Waals surface area (Å²) in [6.45, 7) is 8.47. The second-order valence-electron chi connectivity index (χ2n) is 7.56. The van der Waals surface area contributed by atoms with E-state index in [0.29, 0.717) is 11.7 Å². The first kappa shape index (κ1) is 23.5. The maximum atomic E-state index is 12.9. The fraction of sp³-hybridized carbons (Fsp3) is 0.348. The molecule has 0 aliphatic carbocycles. The van der Waals surface area contributed by atoms with E-state index in [1.165, 1.54) is 11.8 Å². The zero-order valence-corrected chi connectivity index (χ0v) is 19.6. The molecular formula is C23H28N6O2S. The van der Waals surface area contributed by atoms with Crippen LogP contribution < -0.4 is 5.32 Å². The van der Waals surface area contributed by atoms with Crippen LogP contribution in [0.3, 0.4) is 0 Å². The van der Waals surface area contributed by atoms with E-state index in [-0.39, 0.29) is 24.1 Å². The number of carbonyl (C=O) groups excluding carboxylic acids is 2. The minimum absolute atomic E-state index is 0.00347. The number of aryl methyl sites for hydroxylation is 2. The normalized spacial score (nSPS) is 10.8. The number of rotatable bonds is 9. The predicted molar refractivity (Wildman–Crippen MR) is 126 cm³/mol. The van der Waals surface area contributed by atoms with E-state index in [9.17, 15) is 9.59 Å². The number of carbonyl (C=O) groups is 2. The summed E-state index contributed by atoms with van der Waals surface area (Å²) in [5, 5.41) is 15.4. The molecule has 0 bridgehead atoms. The van der Waals surface area contributed by atoms with Crippen LogP contribution in [0.5, 0.6) is 0 Å². The van der Waals surface area contributed by atoms with Crippen molar-refractivity contribution in [2.24, 2.45) is 0 Å². The molecule has 0 saturated carbocycles. The van der Waals surface area contributed by atoms with E-state index in [1.54, 1.807) is 9.58 Å². The number of nitrogens with zero attached hydrogens (tertiary/aromatic N) is 5. The SMILES string of the molecule is CCCN(CC(=O)Nc1ccccc1C)C(=O)CSc1nnnn1-c1cccc(C)c1C. The number of aromatic nitrogens is 4. The Bertz CT molecular complexity index is 1100. The number of hydrogen-bond donors (Lipinski definition) is 1. The average molecular weight is 453 g/mol. The molecule has 0 unspecified atom stereocenters. The van der Waals surface area contributed by atoms with Crippen LogP contribution in [0.15, 0.2) is 47.6 Å². The first-order chi connectivity index (χ1) is 15.4. The van der Waals surface area contributed by atoms with Crippen molar-refractivity contribution in [3.63, 3.8) is 0 Å². The zero-order valence-electron chi connectivity index (χ0n) is 18.8. The lowest BCUT2D eigenvalue weighted by Gasteiger charge is -2.21. The van der Waals surface area contributed by atoms with E-state index >= 15 is 0 Å². The van der Waals surface area contributed by atoms with Crippen LogP contribution in [0.2, 0.25) is 0 Å². The third-order valence-corrected chi connectivity index (χ3v) is 6.07. The van der Waals surface area contributed by atoms with Gasteiger partial charge in [0.15, 0.2) is 0 Å². The average Bonchev–Trinajstić information content (AvgIpc) is 3.23. The fourth-order valence-corrected chi connectivity index (χ4v) is 4.03. The molecule has 2 amide bonds. The molecular weight excluding hydrogens is 424 g/mol. The summed E-state index contributed by atoms with van der Waals surface area (Å²) in [6.07, 6.45) is 0.758. The van der Waals surface area contributed by atoms with E-state index in [4.69, 9.17) is 0 Å². The first-order valence-corrected chi connectivity index (χ1v) is 11.5. The van der Waals surface area contributed by atoms with Crippen molar-refractivity contribution in [3.8, 4) is 5.69 Å². The molecule has 0 aliphatic heterocycles. The minimum atomic E-state index is -0.216. The lowest BCUT2D eigenvalue weighted by atomic mass is 10.1. The molecule has 32 heavy (non-hydrogen) atoms. The Morgan fingerprint density at radius 1 is 1.06 bits per heavy atom. The number of thioether (sulfide) groups is 1. The Hall–Kier alpha value is -3.20. The highest BCUT2D eigenvalue weighted by atomic mass is 32.2. The van der Waals surface area contributed by atoms with Gasteiger partial charge in [0.1, 0.15) is 0 Å². The number of amides is 2. The Labute approximate surface area is 192 Å². The molecule has 3 rings (SSSR count). The second-order valence-corrected chi connectivity index (χ2v) is 8.50. The monoisotopic (exact) mass is 452 g/mol. The lowest BCUT2D eigenvalue weighted by molar-refractivity contribution is -0.132. The van der Waals surface area contributed by atoms with Crippen molar-refractivity contribution < 1.29 is 9.59 Å². The molecule has 9 heteroatoms. The van der Waals surface area contributed by atoms with Gasteiger partial charge in [-0.15, -0.1) is 5.10 Å². The quantitative estimate of drug-likeness (QED) is 0.499. The summed E-state index contributed by atoms with van der Waals surface area (Å²) in [5.41, 5.74) is 4.83. The van der Waals surface area contributed by atoms with Gasteiger partial charge in [-0.3, -0.25) is 9.59 Å². The van der Waals surface area contributed by atoms with Crippen LogP contribution in [-0.2, 0) is 9.59 Å². The van der Waals surface area contributed by atoms with Crippen LogP contribution in [0.4, 0.5) is 5.69 Å². The molecule has 168 valence electrons. The smallest absolute Gasteiger partial charge is 0.244 e. The van der Waals surface area contributed by atoms with Crippen LogP contribution in [-0.4, -0.2) is 55.8 Å². The molecule has 0 spiro atoms. The molecule has 3 aromatic rings. The van der Waals surface area contributed by atoms with E-state index in [1.807, 2.05) is 70.2 Å². The molecule has 0 aliphatic rings. The number of anilines is 1. The number of tetrazole rings is 1. The Morgan fingerprint density at radius 3 is 2.56 bits per heavy atom. The van der Waals surface area contributed by atoms with Crippen LogP contribution >= 0.6 is 11.8 Å². The van der Waals surface area contributed by atoms with Gasteiger partial charge in [-0.1, -0.05) is 49.0 Å². The van der Waals surface area contributed by atoms with Gasteiger partial charge < -0.3 is 10.2 Å². The van der Waals surface area contributed by atoms with E-state index in [2.05, 4.69) is 20.8 Å². The summed E-state index contributed by atoms with van der Waals surface area (Å²) < 4.78 is 1.65. The summed E-state index contributed by atoms with van der Waals surface area (Å²) in [7, 11) is 0. The highest BCUT2D eigenvalue weighted by molar-refractivity contribution is 7.99. The Balaban J connectivity index is 1.65. The van der Waals surface area contributed by atoms with Crippen molar-refractivity contribution in [1.82, 2.24) is 25.1 Å². The largest absolute Gasteiger partial charge is 0.333 e. The Morgan fingerprint density at radius 2 is 1.81 bits per heavy atom. The van der Waals surface area contributed by atoms with Crippen molar-refractivity contribution >= 4 is 29.3 Å². The number of para-hydroxylation sites is 1. The van der Waals surface area contributed by atoms with Crippen LogP contribution in [0, 0.1) is 20.8 Å².